The first-order valence-electron chi connectivity index (χ1n) is 7.71. The Bertz CT molecular complexity index is 414. The minimum absolute atomic E-state index is 0.394. The van der Waals surface area contributed by atoms with Gasteiger partial charge in [0.1, 0.15) is 0 Å². The Morgan fingerprint density at radius 1 is 1.32 bits per heavy atom. The molecule has 0 amide bonds. The third-order valence-electron chi connectivity index (χ3n) is 4.77. The number of likely N-dealkylation sites (tertiary alicyclic amines) is 1. The van der Waals surface area contributed by atoms with Crippen molar-refractivity contribution in [3.05, 3.63) is 34.9 Å². The molecule has 1 aliphatic rings. The summed E-state index contributed by atoms with van der Waals surface area (Å²) in [7, 11) is 0. The van der Waals surface area contributed by atoms with Crippen molar-refractivity contribution in [2.24, 2.45) is 5.73 Å². The highest BCUT2D eigenvalue weighted by Gasteiger charge is 2.28. The smallest absolute Gasteiger partial charge is 0.0476 e. The summed E-state index contributed by atoms with van der Waals surface area (Å²) >= 11 is 0. The summed E-state index contributed by atoms with van der Waals surface area (Å²) in [6, 6.07) is 7.74. The third kappa shape index (κ3) is 3.01. The molecule has 0 aromatic heterocycles. The van der Waals surface area contributed by atoms with Crippen molar-refractivity contribution in [2.75, 3.05) is 13.1 Å². The SMILES string of the molecule is CCC1CCCCN1C(CN)c1cccc(C)c1C. The molecule has 1 aliphatic heterocycles. The number of rotatable bonds is 4. The standard InChI is InChI=1S/C17H28N2/c1-4-15-9-5-6-11-19(15)17(12-18)16-10-7-8-13(2)14(16)3/h7-8,10,15,17H,4-6,9,11-12,18H2,1-3H3. The van der Waals surface area contributed by atoms with Crippen molar-refractivity contribution in [3.63, 3.8) is 0 Å². The number of nitrogens with zero attached hydrogens (tertiary/aromatic N) is 1. The van der Waals surface area contributed by atoms with Crippen LogP contribution in [0.1, 0.15) is 55.3 Å². The normalized spacial score (nSPS) is 22.4. The van der Waals surface area contributed by atoms with Crippen LogP contribution < -0.4 is 5.73 Å². The van der Waals surface area contributed by atoms with E-state index >= 15 is 0 Å². The molecule has 2 unspecified atom stereocenters. The molecule has 2 rings (SSSR count). The van der Waals surface area contributed by atoms with E-state index in [4.69, 9.17) is 5.73 Å². The van der Waals surface area contributed by atoms with Crippen molar-refractivity contribution in [1.29, 1.82) is 0 Å². The minimum Gasteiger partial charge on any atom is -0.329 e. The fourth-order valence-electron chi connectivity index (χ4n) is 3.45. The monoisotopic (exact) mass is 260 g/mol. The van der Waals surface area contributed by atoms with Gasteiger partial charge < -0.3 is 5.73 Å². The highest BCUT2D eigenvalue weighted by atomic mass is 15.2. The summed E-state index contributed by atoms with van der Waals surface area (Å²) in [5, 5.41) is 0. The maximum atomic E-state index is 6.13. The van der Waals surface area contributed by atoms with Crippen molar-refractivity contribution < 1.29 is 0 Å². The number of hydrogen-bond acceptors (Lipinski definition) is 2. The van der Waals surface area contributed by atoms with Crippen molar-refractivity contribution in [2.45, 2.75) is 58.5 Å². The predicted molar refractivity (Wildman–Crippen MR) is 82.3 cm³/mol. The summed E-state index contributed by atoms with van der Waals surface area (Å²) < 4.78 is 0. The molecule has 106 valence electrons. The van der Waals surface area contributed by atoms with Crippen LogP contribution in [0, 0.1) is 13.8 Å². The van der Waals surface area contributed by atoms with Crippen LogP contribution in [-0.2, 0) is 0 Å². The van der Waals surface area contributed by atoms with Gasteiger partial charge in [-0.3, -0.25) is 4.90 Å². The van der Waals surface area contributed by atoms with Crippen LogP contribution in [0.2, 0.25) is 0 Å². The molecule has 1 aromatic carbocycles. The minimum atomic E-state index is 0.394. The van der Waals surface area contributed by atoms with Gasteiger partial charge in [-0.15, -0.1) is 0 Å². The van der Waals surface area contributed by atoms with E-state index in [-0.39, 0.29) is 0 Å². The average molecular weight is 260 g/mol. The Morgan fingerprint density at radius 3 is 2.79 bits per heavy atom. The van der Waals surface area contributed by atoms with Crippen LogP contribution in [0.15, 0.2) is 18.2 Å². The maximum absolute atomic E-state index is 6.13. The van der Waals surface area contributed by atoms with Crippen molar-refractivity contribution in [3.8, 4) is 0 Å². The van der Waals surface area contributed by atoms with Gasteiger partial charge in [-0.1, -0.05) is 31.5 Å². The Balaban J connectivity index is 2.30. The summed E-state index contributed by atoms with van der Waals surface area (Å²) in [6.07, 6.45) is 5.26. The molecule has 0 spiro atoms. The second-order valence-electron chi connectivity index (χ2n) is 5.84. The van der Waals surface area contributed by atoms with E-state index < -0.39 is 0 Å². The molecule has 1 aromatic rings. The van der Waals surface area contributed by atoms with Crippen LogP contribution in [0.3, 0.4) is 0 Å². The van der Waals surface area contributed by atoms with Crippen molar-refractivity contribution in [1.82, 2.24) is 4.90 Å². The number of benzene rings is 1. The Hall–Kier alpha value is -0.860. The molecule has 19 heavy (non-hydrogen) atoms. The highest BCUT2D eigenvalue weighted by molar-refractivity contribution is 5.35. The first-order chi connectivity index (χ1) is 9.19. The van der Waals surface area contributed by atoms with Crippen molar-refractivity contribution >= 4 is 0 Å². The fourth-order valence-corrected chi connectivity index (χ4v) is 3.45. The second kappa shape index (κ2) is 6.53. The van der Waals surface area contributed by atoms with E-state index in [2.05, 4.69) is 43.9 Å². The molecule has 2 heteroatoms. The predicted octanol–water partition coefficient (Wildman–Crippen LogP) is 3.57. The Kier molecular flexibility index (Phi) is 5.00. The lowest BCUT2D eigenvalue weighted by Crippen LogP contribution is -2.44. The van der Waals surface area contributed by atoms with Crippen LogP contribution in [-0.4, -0.2) is 24.0 Å². The molecule has 1 saturated heterocycles. The summed E-state index contributed by atoms with van der Waals surface area (Å²) in [4.78, 5) is 2.66. The average Bonchev–Trinajstić information content (AvgIpc) is 2.45. The molecule has 1 heterocycles. The molecule has 0 radical (unpaired) electrons. The van der Waals surface area contributed by atoms with Gasteiger partial charge in [-0.2, -0.15) is 0 Å². The molecule has 2 N–H and O–H groups in total. The van der Waals surface area contributed by atoms with Crippen LogP contribution in [0.25, 0.3) is 0 Å². The molecule has 0 aliphatic carbocycles. The van der Waals surface area contributed by atoms with Gasteiger partial charge in [0, 0.05) is 18.6 Å². The zero-order valence-corrected chi connectivity index (χ0v) is 12.7. The maximum Gasteiger partial charge on any atom is 0.0476 e. The van der Waals surface area contributed by atoms with Gasteiger partial charge in [0.15, 0.2) is 0 Å². The lowest BCUT2D eigenvalue weighted by Gasteiger charge is -2.41. The summed E-state index contributed by atoms with van der Waals surface area (Å²) in [5.41, 5.74) is 10.4. The van der Waals surface area contributed by atoms with E-state index in [9.17, 15) is 0 Å². The van der Waals surface area contributed by atoms with Crippen LogP contribution in [0.4, 0.5) is 0 Å². The number of aryl methyl sites for hydroxylation is 1. The first kappa shape index (κ1) is 14.5. The Morgan fingerprint density at radius 2 is 2.11 bits per heavy atom. The molecular formula is C17H28N2. The summed E-state index contributed by atoms with van der Waals surface area (Å²) in [5.74, 6) is 0. The topological polar surface area (TPSA) is 29.3 Å². The van der Waals surface area contributed by atoms with Gasteiger partial charge in [0.2, 0.25) is 0 Å². The lowest BCUT2D eigenvalue weighted by atomic mass is 9.91. The third-order valence-corrected chi connectivity index (χ3v) is 4.77. The molecule has 0 bridgehead atoms. The van der Waals surface area contributed by atoms with Crippen LogP contribution in [0.5, 0.6) is 0 Å². The lowest BCUT2D eigenvalue weighted by molar-refractivity contribution is 0.0946. The molecule has 0 saturated carbocycles. The van der Waals surface area contributed by atoms with Gasteiger partial charge in [-0.25, -0.2) is 0 Å². The van der Waals surface area contributed by atoms with Gasteiger partial charge in [-0.05, 0) is 56.3 Å². The van der Waals surface area contributed by atoms with Crippen LogP contribution >= 0.6 is 0 Å². The fraction of sp³-hybridized carbons (Fsp3) is 0.647. The zero-order valence-electron chi connectivity index (χ0n) is 12.7. The zero-order chi connectivity index (χ0) is 13.8. The van der Waals surface area contributed by atoms with Gasteiger partial charge >= 0.3 is 0 Å². The largest absolute Gasteiger partial charge is 0.329 e. The quantitative estimate of drug-likeness (QED) is 0.896. The number of hydrogen-bond donors (Lipinski definition) is 1. The summed E-state index contributed by atoms with van der Waals surface area (Å²) in [6.45, 7) is 8.66. The van der Waals surface area contributed by atoms with E-state index in [1.807, 2.05) is 0 Å². The van der Waals surface area contributed by atoms with E-state index in [0.29, 0.717) is 12.1 Å². The molecule has 2 atom stereocenters. The van der Waals surface area contributed by atoms with E-state index in [1.54, 1.807) is 0 Å². The highest BCUT2D eigenvalue weighted by Crippen LogP contribution is 2.31. The number of nitrogens with two attached hydrogens (primary N) is 1. The van der Waals surface area contributed by atoms with E-state index in [0.717, 1.165) is 6.54 Å². The Labute approximate surface area is 118 Å². The first-order valence-corrected chi connectivity index (χ1v) is 7.71. The number of piperidine rings is 1. The molecule has 2 nitrogen and oxygen atoms in total. The molecular weight excluding hydrogens is 232 g/mol. The second-order valence-corrected chi connectivity index (χ2v) is 5.84. The van der Waals surface area contributed by atoms with E-state index in [1.165, 1.54) is 48.9 Å². The molecule has 1 fully saturated rings. The van der Waals surface area contributed by atoms with Gasteiger partial charge in [0.05, 0.1) is 0 Å². The van der Waals surface area contributed by atoms with Gasteiger partial charge in [0.25, 0.3) is 0 Å².